The summed E-state index contributed by atoms with van der Waals surface area (Å²) in [7, 11) is 0. The summed E-state index contributed by atoms with van der Waals surface area (Å²) in [4.78, 5) is 8.02. The maximum Gasteiger partial charge on any atom is 0.0684 e. The molecule has 0 fully saturated rings. The number of nitrogens with zero attached hydrogens (tertiary/aromatic N) is 1. The topological polar surface area (TPSA) is 28.7 Å². The van der Waals surface area contributed by atoms with Crippen LogP contribution in [0.15, 0.2) is 24.3 Å². The molecule has 3 aromatic rings. The molecule has 0 amide bonds. The van der Waals surface area contributed by atoms with Crippen LogP contribution in [0.5, 0.6) is 0 Å². The third-order valence-electron chi connectivity index (χ3n) is 3.32. The third-order valence-corrected chi connectivity index (χ3v) is 3.32. The van der Waals surface area contributed by atoms with Gasteiger partial charge in [-0.1, -0.05) is 18.2 Å². The van der Waals surface area contributed by atoms with Crippen LogP contribution in [0, 0.1) is 20.8 Å². The number of benzene rings is 1. The zero-order valence-electron chi connectivity index (χ0n) is 9.76. The monoisotopic (exact) mass is 210 g/mol. The molecule has 0 saturated heterocycles. The van der Waals surface area contributed by atoms with Crippen molar-refractivity contribution in [3.63, 3.8) is 0 Å². The fourth-order valence-corrected chi connectivity index (χ4v) is 2.38. The normalized spacial score (nSPS) is 11.4. The fraction of sp³-hybridized carbons (Fsp3) is 0.214. The van der Waals surface area contributed by atoms with Crippen molar-refractivity contribution >= 4 is 21.8 Å². The largest absolute Gasteiger partial charge is 0.353 e. The number of para-hydroxylation sites is 1. The Morgan fingerprint density at radius 2 is 1.75 bits per heavy atom. The number of aryl methyl sites for hydroxylation is 3. The van der Waals surface area contributed by atoms with Gasteiger partial charge in [-0.25, -0.2) is 0 Å². The van der Waals surface area contributed by atoms with E-state index in [0.717, 1.165) is 11.4 Å². The summed E-state index contributed by atoms with van der Waals surface area (Å²) in [6, 6.07) is 8.42. The third kappa shape index (κ3) is 1.10. The average molecular weight is 210 g/mol. The van der Waals surface area contributed by atoms with Gasteiger partial charge >= 0.3 is 0 Å². The van der Waals surface area contributed by atoms with Crippen LogP contribution in [0.2, 0.25) is 0 Å². The van der Waals surface area contributed by atoms with Gasteiger partial charge in [-0.15, -0.1) is 0 Å². The van der Waals surface area contributed by atoms with E-state index in [-0.39, 0.29) is 0 Å². The quantitative estimate of drug-likeness (QED) is 0.603. The van der Waals surface area contributed by atoms with Gasteiger partial charge in [-0.05, 0) is 32.4 Å². The first-order valence-corrected chi connectivity index (χ1v) is 5.52. The first kappa shape index (κ1) is 9.40. The van der Waals surface area contributed by atoms with E-state index in [4.69, 9.17) is 0 Å². The minimum Gasteiger partial charge on any atom is -0.353 e. The highest BCUT2D eigenvalue weighted by atomic mass is 14.8. The van der Waals surface area contributed by atoms with Crippen molar-refractivity contribution in [2.45, 2.75) is 20.8 Å². The molecule has 2 nitrogen and oxygen atoms in total. The summed E-state index contributed by atoms with van der Waals surface area (Å²) >= 11 is 0. The Morgan fingerprint density at radius 1 is 1.00 bits per heavy atom. The van der Waals surface area contributed by atoms with Gasteiger partial charge in [-0.3, -0.25) is 4.98 Å². The molecule has 0 saturated carbocycles. The second kappa shape index (κ2) is 3.08. The Hall–Kier alpha value is -1.83. The lowest BCUT2D eigenvalue weighted by Crippen LogP contribution is -1.91. The smallest absolute Gasteiger partial charge is 0.0684 e. The maximum absolute atomic E-state index is 4.57. The minimum atomic E-state index is 1.08. The number of pyridine rings is 1. The molecule has 0 radical (unpaired) electrons. The average Bonchev–Trinajstić information content (AvgIpc) is 2.66. The lowest BCUT2D eigenvalue weighted by molar-refractivity contribution is 1.11. The highest BCUT2D eigenvalue weighted by molar-refractivity contribution is 6.09. The molecule has 3 rings (SSSR count). The summed E-state index contributed by atoms with van der Waals surface area (Å²) in [6.07, 6.45) is 0. The summed E-state index contributed by atoms with van der Waals surface area (Å²) < 4.78 is 0. The molecule has 0 bridgehead atoms. The summed E-state index contributed by atoms with van der Waals surface area (Å²) in [5.41, 5.74) is 5.84. The molecule has 0 aliphatic rings. The number of nitrogens with one attached hydrogen (secondary N) is 1. The van der Waals surface area contributed by atoms with Gasteiger partial charge in [0.25, 0.3) is 0 Å². The van der Waals surface area contributed by atoms with Crippen LogP contribution in [0.3, 0.4) is 0 Å². The second-order valence-electron chi connectivity index (χ2n) is 4.33. The molecule has 0 aliphatic heterocycles. The van der Waals surface area contributed by atoms with E-state index in [1.165, 1.54) is 27.4 Å². The van der Waals surface area contributed by atoms with E-state index in [1.807, 2.05) is 0 Å². The number of fused-ring (bicyclic) bond motifs is 3. The summed E-state index contributed by atoms with van der Waals surface area (Å²) in [5, 5.41) is 2.62. The molecule has 2 heterocycles. The van der Waals surface area contributed by atoms with Crippen LogP contribution in [-0.4, -0.2) is 9.97 Å². The van der Waals surface area contributed by atoms with Crippen molar-refractivity contribution in [3.8, 4) is 0 Å². The number of aromatic amines is 1. The predicted molar refractivity (Wildman–Crippen MR) is 67.8 cm³/mol. The lowest BCUT2D eigenvalue weighted by atomic mass is 10.1. The molecular formula is C14H14N2. The lowest BCUT2D eigenvalue weighted by Gasteiger charge is -2.04. The molecule has 0 spiro atoms. The maximum atomic E-state index is 4.57. The van der Waals surface area contributed by atoms with Crippen molar-refractivity contribution in [2.24, 2.45) is 0 Å². The molecule has 1 N–H and O–H groups in total. The number of hydrogen-bond donors (Lipinski definition) is 1. The Labute approximate surface area is 94.3 Å². The predicted octanol–water partition coefficient (Wildman–Crippen LogP) is 3.64. The van der Waals surface area contributed by atoms with E-state index in [0.29, 0.717) is 0 Å². The minimum absolute atomic E-state index is 1.08. The molecule has 80 valence electrons. The van der Waals surface area contributed by atoms with Gasteiger partial charge in [-0.2, -0.15) is 0 Å². The SMILES string of the molecule is Cc1nc(C)c2[nH]c3ccccc3c2c1C. The highest BCUT2D eigenvalue weighted by Crippen LogP contribution is 2.30. The van der Waals surface area contributed by atoms with Crippen LogP contribution in [0.4, 0.5) is 0 Å². The van der Waals surface area contributed by atoms with Crippen LogP contribution in [-0.2, 0) is 0 Å². The molecule has 16 heavy (non-hydrogen) atoms. The Morgan fingerprint density at radius 3 is 2.56 bits per heavy atom. The van der Waals surface area contributed by atoms with Gasteiger partial charge in [0, 0.05) is 22.0 Å². The van der Waals surface area contributed by atoms with E-state index in [9.17, 15) is 0 Å². The molecule has 0 atom stereocenters. The molecule has 0 aliphatic carbocycles. The molecular weight excluding hydrogens is 196 g/mol. The van der Waals surface area contributed by atoms with E-state index in [2.05, 4.69) is 55.0 Å². The van der Waals surface area contributed by atoms with Crippen LogP contribution >= 0.6 is 0 Å². The number of hydrogen-bond acceptors (Lipinski definition) is 1. The second-order valence-corrected chi connectivity index (χ2v) is 4.33. The zero-order valence-corrected chi connectivity index (χ0v) is 9.76. The zero-order chi connectivity index (χ0) is 11.3. The standard InChI is InChI=1S/C14H14N2/c1-8-9(2)15-10(3)14-13(8)11-6-4-5-7-12(11)16-14/h4-7,16H,1-3H3. The number of H-pyrrole nitrogens is 1. The van der Waals surface area contributed by atoms with Gasteiger partial charge in [0.2, 0.25) is 0 Å². The van der Waals surface area contributed by atoms with Crippen LogP contribution in [0.25, 0.3) is 21.8 Å². The molecule has 0 unspecified atom stereocenters. The van der Waals surface area contributed by atoms with Crippen LogP contribution in [0.1, 0.15) is 17.0 Å². The van der Waals surface area contributed by atoms with Gasteiger partial charge in [0.15, 0.2) is 0 Å². The summed E-state index contributed by atoms with van der Waals surface area (Å²) in [5.74, 6) is 0. The van der Waals surface area contributed by atoms with E-state index in [1.54, 1.807) is 0 Å². The van der Waals surface area contributed by atoms with Gasteiger partial charge in [0.1, 0.15) is 0 Å². The molecule has 2 heteroatoms. The molecule has 1 aromatic carbocycles. The van der Waals surface area contributed by atoms with Crippen molar-refractivity contribution in [2.75, 3.05) is 0 Å². The Balaban J connectivity index is 2.66. The Kier molecular flexibility index (Phi) is 1.81. The van der Waals surface area contributed by atoms with Crippen molar-refractivity contribution < 1.29 is 0 Å². The van der Waals surface area contributed by atoms with Crippen molar-refractivity contribution in [1.29, 1.82) is 0 Å². The summed E-state index contributed by atoms with van der Waals surface area (Å²) in [6.45, 7) is 6.28. The highest BCUT2D eigenvalue weighted by Gasteiger charge is 2.11. The molecule has 2 aromatic heterocycles. The first-order valence-electron chi connectivity index (χ1n) is 5.52. The fourth-order valence-electron chi connectivity index (χ4n) is 2.38. The van der Waals surface area contributed by atoms with Crippen LogP contribution < -0.4 is 0 Å². The Bertz CT molecular complexity index is 693. The van der Waals surface area contributed by atoms with Crippen molar-refractivity contribution in [1.82, 2.24) is 9.97 Å². The number of aromatic nitrogens is 2. The van der Waals surface area contributed by atoms with Gasteiger partial charge < -0.3 is 4.98 Å². The van der Waals surface area contributed by atoms with Crippen molar-refractivity contribution in [3.05, 3.63) is 41.2 Å². The van der Waals surface area contributed by atoms with E-state index >= 15 is 0 Å². The van der Waals surface area contributed by atoms with Gasteiger partial charge in [0.05, 0.1) is 11.2 Å². The van der Waals surface area contributed by atoms with E-state index < -0.39 is 0 Å². The number of rotatable bonds is 0. The first-order chi connectivity index (χ1) is 7.68.